The van der Waals surface area contributed by atoms with Crippen molar-refractivity contribution in [1.29, 1.82) is 0 Å². The van der Waals surface area contributed by atoms with Gasteiger partial charge in [-0.2, -0.15) is 0 Å². The van der Waals surface area contributed by atoms with Gasteiger partial charge in [-0.1, -0.05) is 6.08 Å². The molecule has 72 valence electrons. The molecule has 2 atom stereocenters. The first-order chi connectivity index (χ1) is 6.09. The third kappa shape index (κ3) is 2.89. The smallest absolute Gasteiger partial charge is 0.303 e. The molecule has 0 spiro atoms. The molecule has 0 unspecified atom stereocenters. The number of hydrogen-bond donors (Lipinski definition) is 0. The SMILES string of the molecule is CC(=O)O[C@H]1C=CC[C@H]1OC(C)=O. The number of carbonyl (C=O) groups is 2. The quantitative estimate of drug-likeness (QED) is 0.470. The molecule has 0 heterocycles. The second-order valence-corrected chi connectivity index (χ2v) is 2.89. The Labute approximate surface area is 76.5 Å². The van der Waals surface area contributed by atoms with Gasteiger partial charge in [0.2, 0.25) is 0 Å². The predicted molar refractivity (Wildman–Crippen MR) is 44.9 cm³/mol. The molecule has 0 bridgehead atoms. The molecule has 0 aromatic carbocycles. The number of rotatable bonds is 2. The summed E-state index contributed by atoms with van der Waals surface area (Å²) in [7, 11) is 0. The number of carbonyl (C=O) groups excluding carboxylic acids is 2. The summed E-state index contributed by atoms with van der Waals surface area (Å²) < 4.78 is 9.87. The van der Waals surface area contributed by atoms with Crippen molar-refractivity contribution in [2.45, 2.75) is 32.5 Å². The zero-order valence-electron chi connectivity index (χ0n) is 7.65. The summed E-state index contributed by atoms with van der Waals surface area (Å²) >= 11 is 0. The third-order valence-electron chi connectivity index (χ3n) is 1.68. The van der Waals surface area contributed by atoms with Gasteiger partial charge in [0.15, 0.2) is 6.10 Å². The lowest BCUT2D eigenvalue weighted by Crippen LogP contribution is -2.29. The fourth-order valence-corrected chi connectivity index (χ4v) is 1.24. The highest BCUT2D eigenvalue weighted by atomic mass is 16.6. The van der Waals surface area contributed by atoms with Gasteiger partial charge in [-0.25, -0.2) is 0 Å². The average Bonchev–Trinajstić information content (AvgIpc) is 2.34. The molecular formula is C9H12O4. The van der Waals surface area contributed by atoms with E-state index in [-0.39, 0.29) is 18.0 Å². The molecule has 0 fully saturated rings. The van der Waals surface area contributed by atoms with Crippen LogP contribution in [0.4, 0.5) is 0 Å². The second kappa shape index (κ2) is 4.07. The maximum atomic E-state index is 10.6. The van der Waals surface area contributed by atoms with E-state index in [1.165, 1.54) is 13.8 Å². The van der Waals surface area contributed by atoms with Crippen LogP contribution in [0.1, 0.15) is 20.3 Å². The van der Waals surface area contributed by atoms with Gasteiger partial charge in [0, 0.05) is 20.3 Å². The Morgan fingerprint density at radius 3 is 2.38 bits per heavy atom. The second-order valence-electron chi connectivity index (χ2n) is 2.89. The zero-order chi connectivity index (χ0) is 9.84. The van der Waals surface area contributed by atoms with Crippen molar-refractivity contribution >= 4 is 11.9 Å². The van der Waals surface area contributed by atoms with Crippen LogP contribution in [0.3, 0.4) is 0 Å². The highest BCUT2D eigenvalue weighted by Crippen LogP contribution is 2.18. The molecule has 0 N–H and O–H groups in total. The van der Waals surface area contributed by atoms with Crippen LogP contribution in [0.5, 0.6) is 0 Å². The van der Waals surface area contributed by atoms with E-state index in [2.05, 4.69) is 0 Å². The molecule has 0 aliphatic heterocycles. The summed E-state index contributed by atoms with van der Waals surface area (Å²) in [4.78, 5) is 21.3. The summed E-state index contributed by atoms with van der Waals surface area (Å²) in [6.45, 7) is 2.67. The summed E-state index contributed by atoms with van der Waals surface area (Å²) in [6.07, 6.45) is 3.41. The lowest BCUT2D eigenvalue weighted by Gasteiger charge is -2.18. The third-order valence-corrected chi connectivity index (χ3v) is 1.68. The minimum absolute atomic E-state index is 0.346. The summed E-state index contributed by atoms with van der Waals surface area (Å²) in [5, 5.41) is 0. The monoisotopic (exact) mass is 184 g/mol. The Morgan fingerprint density at radius 1 is 1.23 bits per heavy atom. The molecule has 1 rings (SSSR count). The Bertz CT molecular complexity index is 244. The Kier molecular flexibility index (Phi) is 3.06. The molecule has 0 saturated carbocycles. The molecule has 0 radical (unpaired) electrons. The zero-order valence-corrected chi connectivity index (χ0v) is 7.65. The van der Waals surface area contributed by atoms with Crippen molar-refractivity contribution in [3.63, 3.8) is 0 Å². The standard InChI is InChI=1S/C9H12O4/c1-6(10)12-8-4-3-5-9(8)13-7(2)11/h3-4,8-9H,5H2,1-2H3/t8-,9+/m0/s1. The number of ether oxygens (including phenoxy) is 2. The molecule has 4 heteroatoms. The molecule has 0 amide bonds. The van der Waals surface area contributed by atoms with Gasteiger partial charge in [-0.15, -0.1) is 0 Å². The molecule has 0 aromatic heterocycles. The molecule has 13 heavy (non-hydrogen) atoms. The van der Waals surface area contributed by atoms with E-state index in [1.54, 1.807) is 6.08 Å². The van der Waals surface area contributed by atoms with E-state index in [0.717, 1.165) is 0 Å². The van der Waals surface area contributed by atoms with Crippen LogP contribution in [-0.2, 0) is 19.1 Å². The maximum Gasteiger partial charge on any atom is 0.303 e. The molecular weight excluding hydrogens is 172 g/mol. The summed E-state index contributed by atoms with van der Waals surface area (Å²) in [6, 6.07) is 0. The van der Waals surface area contributed by atoms with Crippen LogP contribution < -0.4 is 0 Å². The maximum absolute atomic E-state index is 10.6. The average molecular weight is 184 g/mol. The first-order valence-electron chi connectivity index (χ1n) is 4.10. The van der Waals surface area contributed by atoms with Crippen LogP contribution in [0, 0.1) is 0 Å². The minimum atomic E-state index is -0.415. The van der Waals surface area contributed by atoms with Crippen molar-refractivity contribution in [3.8, 4) is 0 Å². The van der Waals surface area contributed by atoms with Crippen molar-refractivity contribution in [1.82, 2.24) is 0 Å². The van der Waals surface area contributed by atoms with Gasteiger partial charge >= 0.3 is 11.9 Å². The van der Waals surface area contributed by atoms with Crippen LogP contribution >= 0.6 is 0 Å². The fourth-order valence-electron chi connectivity index (χ4n) is 1.24. The Hall–Kier alpha value is -1.32. The van der Waals surface area contributed by atoms with Crippen LogP contribution in [0.25, 0.3) is 0 Å². The van der Waals surface area contributed by atoms with Gasteiger partial charge in [-0.3, -0.25) is 9.59 Å². The van der Waals surface area contributed by atoms with E-state index in [4.69, 9.17) is 9.47 Å². The Balaban J connectivity index is 2.47. The van der Waals surface area contributed by atoms with Gasteiger partial charge in [0.1, 0.15) is 6.10 Å². The van der Waals surface area contributed by atoms with Gasteiger partial charge in [-0.05, 0) is 6.08 Å². The number of hydrogen-bond acceptors (Lipinski definition) is 4. The summed E-state index contributed by atoms with van der Waals surface area (Å²) in [5.74, 6) is -0.723. The normalized spacial score (nSPS) is 25.7. The first kappa shape index (κ1) is 9.77. The van der Waals surface area contributed by atoms with E-state index in [0.29, 0.717) is 6.42 Å². The largest absolute Gasteiger partial charge is 0.458 e. The van der Waals surface area contributed by atoms with Crippen molar-refractivity contribution in [2.75, 3.05) is 0 Å². The van der Waals surface area contributed by atoms with E-state index >= 15 is 0 Å². The van der Waals surface area contributed by atoms with Crippen molar-refractivity contribution in [3.05, 3.63) is 12.2 Å². The highest BCUT2D eigenvalue weighted by Gasteiger charge is 2.27. The molecule has 4 nitrogen and oxygen atoms in total. The molecule has 0 aromatic rings. The lowest BCUT2D eigenvalue weighted by atomic mass is 10.2. The minimum Gasteiger partial charge on any atom is -0.458 e. The van der Waals surface area contributed by atoms with E-state index < -0.39 is 6.10 Å². The van der Waals surface area contributed by atoms with Crippen LogP contribution in [-0.4, -0.2) is 24.1 Å². The molecule has 1 aliphatic carbocycles. The van der Waals surface area contributed by atoms with Crippen molar-refractivity contribution in [2.24, 2.45) is 0 Å². The molecule has 0 saturated heterocycles. The molecule has 1 aliphatic rings. The summed E-state index contributed by atoms with van der Waals surface area (Å²) in [5.41, 5.74) is 0. The van der Waals surface area contributed by atoms with Crippen LogP contribution in [0.15, 0.2) is 12.2 Å². The Morgan fingerprint density at radius 2 is 1.85 bits per heavy atom. The number of esters is 2. The topological polar surface area (TPSA) is 52.6 Å². The van der Waals surface area contributed by atoms with Crippen LogP contribution in [0.2, 0.25) is 0 Å². The highest BCUT2D eigenvalue weighted by molar-refractivity contribution is 5.67. The first-order valence-corrected chi connectivity index (χ1v) is 4.10. The lowest BCUT2D eigenvalue weighted by molar-refractivity contribution is -0.160. The van der Waals surface area contributed by atoms with Gasteiger partial charge in [0.05, 0.1) is 0 Å². The van der Waals surface area contributed by atoms with E-state index in [9.17, 15) is 9.59 Å². The van der Waals surface area contributed by atoms with Gasteiger partial charge in [0.25, 0.3) is 0 Å². The van der Waals surface area contributed by atoms with E-state index in [1.807, 2.05) is 6.08 Å². The van der Waals surface area contributed by atoms with Crippen molar-refractivity contribution < 1.29 is 19.1 Å². The predicted octanol–water partition coefficient (Wildman–Crippen LogP) is 0.810. The van der Waals surface area contributed by atoms with Gasteiger partial charge < -0.3 is 9.47 Å². The fraction of sp³-hybridized carbons (Fsp3) is 0.556.